The van der Waals surface area contributed by atoms with E-state index in [0.717, 1.165) is 5.56 Å². The van der Waals surface area contributed by atoms with Crippen LogP contribution in [-0.2, 0) is 0 Å². The molecule has 0 aromatic heterocycles. The van der Waals surface area contributed by atoms with Crippen LogP contribution in [0.2, 0.25) is 0 Å². The molecule has 14 heavy (non-hydrogen) atoms. The zero-order chi connectivity index (χ0) is 10.1. The molecule has 0 heterocycles. The van der Waals surface area contributed by atoms with Gasteiger partial charge in [0.1, 0.15) is 0 Å². The molecule has 76 valence electrons. The lowest BCUT2D eigenvalue weighted by Gasteiger charge is -2.11. The number of alkyl halides is 2. The van der Waals surface area contributed by atoms with E-state index in [1.807, 2.05) is 18.2 Å². The maximum Gasteiger partial charge on any atom is 0.257 e. The normalized spacial score (nSPS) is 18.6. The monoisotopic (exact) mass is 197 g/mol. The molecule has 1 aliphatic rings. The van der Waals surface area contributed by atoms with Crippen molar-refractivity contribution >= 4 is 0 Å². The molecule has 1 fully saturated rings. The topological polar surface area (TPSA) is 26.0 Å². The van der Waals surface area contributed by atoms with Gasteiger partial charge in [-0.1, -0.05) is 24.3 Å². The quantitative estimate of drug-likeness (QED) is 0.792. The van der Waals surface area contributed by atoms with Crippen molar-refractivity contribution in [2.75, 3.05) is 0 Å². The van der Waals surface area contributed by atoms with Crippen molar-refractivity contribution in [2.24, 2.45) is 5.73 Å². The molecule has 1 unspecified atom stereocenters. The van der Waals surface area contributed by atoms with E-state index < -0.39 is 12.5 Å². The Morgan fingerprint density at radius 3 is 2.57 bits per heavy atom. The zero-order valence-electron chi connectivity index (χ0n) is 7.79. The molecule has 0 aliphatic heterocycles. The summed E-state index contributed by atoms with van der Waals surface area (Å²) in [6.45, 7) is 0. The van der Waals surface area contributed by atoms with E-state index in [9.17, 15) is 8.78 Å². The summed E-state index contributed by atoms with van der Waals surface area (Å²) in [7, 11) is 0. The SMILES string of the molecule is NC(c1cccc(C2CC2)c1)C(F)F. The zero-order valence-corrected chi connectivity index (χ0v) is 7.79. The summed E-state index contributed by atoms with van der Waals surface area (Å²) in [5, 5.41) is 0. The van der Waals surface area contributed by atoms with Gasteiger partial charge in [-0.2, -0.15) is 0 Å². The summed E-state index contributed by atoms with van der Waals surface area (Å²) >= 11 is 0. The first-order valence-corrected chi connectivity index (χ1v) is 4.82. The third kappa shape index (κ3) is 1.93. The van der Waals surface area contributed by atoms with Crippen molar-refractivity contribution < 1.29 is 8.78 Å². The van der Waals surface area contributed by atoms with E-state index in [4.69, 9.17) is 5.73 Å². The van der Waals surface area contributed by atoms with Crippen LogP contribution in [0.4, 0.5) is 8.78 Å². The van der Waals surface area contributed by atoms with Gasteiger partial charge in [0.2, 0.25) is 0 Å². The first-order valence-electron chi connectivity index (χ1n) is 4.82. The number of hydrogen-bond acceptors (Lipinski definition) is 1. The molecule has 0 bridgehead atoms. The number of benzene rings is 1. The Kier molecular flexibility index (Phi) is 2.50. The predicted octanol–water partition coefficient (Wildman–Crippen LogP) is 2.83. The van der Waals surface area contributed by atoms with E-state index in [1.165, 1.54) is 12.8 Å². The van der Waals surface area contributed by atoms with Gasteiger partial charge in [-0.15, -0.1) is 0 Å². The lowest BCUT2D eigenvalue weighted by Crippen LogP contribution is -2.18. The van der Waals surface area contributed by atoms with Gasteiger partial charge in [0.25, 0.3) is 6.43 Å². The molecule has 1 saturated carbocycles. The molecular weight excluding hydrogens is 184 g/mol. The third-order valence-corrected chi connectivity index (χ3v) is 2.62. The Hall–Kier alpha value is -0.960. The smallest absolute Gasteiger partial charge is 0.257 e. The Morgan fingerprint density at radius 2 is 2.00 bits per heavy atom. The molecule has 2 rings (SSSR count). The van der Waals surface area contributed by atoms with Crippen LogP contribution in [0.3, 0.4) is 0 Å². The van der Waals surface area contributed by atoms with Crippen LogP contribution < -0.4 is 5.73 Å². The summed E-state index contributed by atoms with van der Waals surface area (Å²) in [5.41, 5.74) is 7.07. The van der Waals surface area contributed by atoms with Crippen molar-refractivity contribution in [3.63, 3.8) is 0 Å². The molecule has 0 saturated heterocycles. The van der Waals surface area contributed by atoms with E-state index in [-0.39, 0.29) is 0 Å². The van der Waals surface area contributed by atoms with Gasteiger partial charge in [-0.25, -0.2) is 8.78 Å². The van der Waals surface area contributed by atoms with Crippen LogP contribution in [0.25, 0.3) is 0 Å². The molecule has 0 spiro atoms. The lowest BCUT2D eigenvalue weighted by atomic mass is 10.0. The first-order chi connectivity index (χ1) is 6.68. The van der Waals surface area contributed by atoms with Crippen LogP contribution >= 0.6 is 0 Å². The molecule has 2 N–H and O–H groups in total. The minimum atomic E-state index is -2.48. The first kappa shape index (κ1) is 9.59. The van der Waals surface area contributed by atoms with E-state index in [1.54, 1.807) is 6.07 Å². The number of nitrogens with two attached hydrogens (primary N) is 1. The summed E-state index contributed by atoms with van der Waals surface area (Å²) in [6, 6.07) is 6.13. The van der Waals surface area contributed by atoms with Crippen molar-refractivity contribution in [3.05, 3.63) is 35.4 Å². The molecule has 1 aliphatic carbocycles. The maximum atomic E-state index is 12.3. The molecular formula is C11H13F2N. The molecule has 1 aromatic rings. The highest BCUT2D eigenvalue weighted by atomic mass is 19.3. The highest BCUT2D eigenvalue weighted by Gasteiger charge is 2.25. The molecule has 1 aromatic carbocycles. The van der Waals surface area contributed by atoms with Crippen LogP contribution in [0, 0.1) is 0 Å². The van der Waals surface area contributed by atoms with Crippen LogP contribution in [0.5, 0.6) is 0 Å². The van der Waals surface area contributed by atoms with Gasteiger partial charge >= 0.3 is 0 Å². The predicted molar refractivity (Wildman–Crippen MR) is 51.3 cm³/mol. The van der Waals surface area contributed by atoms with Crippen LogP contribution in [-0.4, -0.2) is 6.43 Å². The molecule has 1 atom stereocenters. The minimum absolute atomic E-state index is 0.546. The second-order valence-corrected chi connectivity index (χ2v) is 3.80. The number of hydrogen-bond donors (Lipinski definition) is 1. The largest absolute Gasteiger partial charge is 0.319 e. The van der Waals surface area contributed by atoms with Gasteiger partial charge in [0, 0.05) is 0 Å². The van der Waals surface area contributed by atoms with Crippen molar-refractivity contribution in [1.82, 2.24) is 0 Å². The fourth-order valence-corrected chi connectivity index (χ4v) is 1.58. The van der Waals surface area contributed by atoms with E-state index in [2.05, 4.69) is 0 Å². The Morgan fingerprint density at radius 1 is 1.29 bits per heavy atom. The summed E-state index contributed by atoms with van der Waals surface area (Å²) < 4.78 is 24.7. The molecule has 0 amide bonds. The second-order valence-electron chi connectivity index (χ2n) is 3.80. The third-order valence-electron chi connectivity index (χ3n) is 2.62. The van der Waals surface area contributed by atoms with E-state index in [0.29, 0.717) is 11.5 Å². The van der Waals surface area contributed by atoms with Crippen LogP contribution in [0.15, 0.2) is 24.3 Å². The lowest BCUT2D eigenvalue weighted by molar-refractivity contribution is 0.116. The number of halogens is 2. The fraction of sp³-hybridized carbons (Fsp3) is 0.455. The van der Waals surface area contributed by atoms with E-state index >= 15 is 0 Å². The maximum absolute atomic E-state index is 12.3. The summed E-state index contributed by atoms with van der Waals surface area (Å²) in [4.78, 5) is 0. The fourth-order valence-electron chi connectivity index (χ4n) is 1.58. The van der Waals surface area contributed by atoms with Crippen molar-refractivity contribution in [2.45, 2.75) is 31.2 Å². The molecule has 1 nitrogen and oxygen atoms in total. The average Bonchev–Trinajstić information content (AvgIpc) is 3.00. The van der Waals surface area contributed by atoms with Gasteiger partial charge in [0.15, 0.2) is 0 Å². The highest BCUT2D eigenvalue weighted by Crippen LogP contribution is 2.40. The molecule has 0 radical (unpaired) electrons. The standard InChI is InChI=1S/C11H13F2N/c12-11(13)10(14)9-3-1-2-8(6-9)7-4-5-7/h1-3,6-7,10-11H,4-5,14H2. The molecule has 3 heteroatoms. The van der Waals surface area contributed by atoms with Crippen molar-refractivity contribution in [3.8, 4) is 0 Å². The van der Waals surface area contributed by atoms with Gasteiger partial charge < -0.3 is 5.73 Å². The highest BCUT2D eigenvalue weighted by molar-refractivity contribution is 5.31. The van der Waals surface area contributed by atoms with Gasteiger partial charge in [0.05, 0.1) is 6.04 Å². The minimum Gasteiger partial charge on any atom is -0.319 e. The second kappa shape index (κ2) is 3.65. The average molecular weight is 197 g/mol. The Bertz CT molecular complexity index is 321. The summed E-state index contributed by atoms with van der Waals surface area (Å²) in [6.07, 6.45) is -0.134. The Balaban J connectivity index is 2.20. The Labute approximate surface area is 81.9 Å². The van der Waals surface area contributed by atoms with Gasteiger partial charge in [-0.05, 0) is 29.9 Å². The van der Waals surface area contributed by atoms with Crippen molar-refractivity contribution in [1.29, 1.82) is 0 Å². The number of rotatable bonds is 3. The van der Waals surface area contributed by atoms with Gasteiger partial charge in [-0.3, -0.25) is 0 Å². The van der Waals surface area contributed by atoms with Crippen LogP contribution in [0.1, 0.15) is 35.9 Å². The summed E-state index contributed by atoms with van der Waals surface area (Å²) in [5.74, 6) is 0.583.